The van der Waals surface area contributed by atoms with Gasteiger partial charge in [-0.15, -0.1) is 0 Å². The van der Waals surface area contributed by atoms with Gasteiger partial charge in [0.25, 0.3) is 0 Å². The first-order valence-electron chi connectivity index (χ1n) is 8.64. The molecule has 2 aromatic heterocycles. The summed E-state index contributed by atoms with van der Waals surface area (Å²) in [6, 6.07) is 1.11. The van der Waals surface area contributed by atoms with E-state index in [9.17, 15) is 0 Å². The lowest BCUT2D eigenvalue weighted by atomic mass is 9.90. The monoisotopic (exact) mass is 350 g/mol. The topological polar surface area (TPSA) is 68.1 Å². The van der Waals surface area contributed by atoms with Gasteiger partial charge in [-0.05, 0) is 37.3 Å². The lowest BCUT2D eigenvalue weighted by Crippen LogP contribution is -2.46. The third-order valence-electron chi connectivity index (χ3n) is 5.05. The van der Waals surface area contributed by atoms with Crippen LogP contribution >= 0.6 is 11.6 Å². The lowest BCUT2D eigenvalue weighted by Gasteiger charge is -2.39. The van der Waals surface area contributed by atoms with Crippen molar-refractivity contribution >= 4 is 28.5 Å². The second-order valence-corrected chi connectivity index (χ2v) is 7.01. The molecule has 1 saturated carbocycles. The maximum absolute atomic E-state index is 6.06. The van der Waals surface area contributed by atoms with E-state index in [1.165, 1.54) is 12.8 Å². The normalized spacial score (nSPS) is 25.9. The minimum Gasteiger partial charge on any atom is -0.379 e. The van der Waals surface area contributed by atoms with E-state index in [0.717, 1.165) is 56.0 Å². The largest absolute Gasteiger partial charge is 0.379 e. The number of anilines is 1. The number of nitrogens with one attached hydrogen (secondary N) is 1. The molecule has 130 valence electrons. The van der Waals surface area contributed by atoms with Crippen molar-refractivity contribution < 1.29 is 4.74 Å². The molecule has 1 saturated heterocycles. The highest BCUT2D eigenvalue weighted by atomic mass is 35.5. The van der Waals surface area contributed by atoms with Gasteiger partial charge >= 0.3 is 0 Å². The van der Waals surface area contributed by atoms with E-state index >= 15 is 0 Å². The third kappa shape index (κ3) is 3.34. The Kier molecular flexibility index (Phi) is 4.56. The van der Waals surface area contributed by atoms with Gasteiger partial charge < -0.3 is 10.1 Å². The van der Waals surface area contributed by atoms with Crippen molar-refractivity contribution in [1.29, 1.82) is 0 Å². The third-order valence-corrected chi connectivity index (χ3v) is 5.22. The standard InChI is InChI=1S/C16H23ClN6O/c1-22-10-13-14(21-22)15(20-16(17)19-13)18-11-2-4-12(5-3-11)23-6-8-24-9-7-23/h10-12H,2-9H2,1H3,(H,18,19,20). The average Bonchev–Trinajstić information content (AvgIpc) is 2.97. The number of hydrogen-bond donors (Lipinski definition) is 1. The number of hydrogen-bond acceptors (Lipinski definition) is 6. The molecule has 4 rings (SSSR count). The summed E-state index contributed by atoms with van der Waals surface area (Å²) < 4.78 is 7.20. The lowest BCUT2D eigenvalue weighted by molar-refractivity contribution is 0.00791. The van der Waals surface area contributed by atoms with Gasteiger partial charge in [-0.3, -0.25) is 9.58 Å². The van der Waals surface area contributed by atoms with Crippen molar-refractivity contribution in [2.45, 2.75) is 37.8 Å². The molecule has 2 aliphatic rings. The zero-order valence-electron chi connectivity index (χ0n) is 13.9. The van der Waals surface area contributed by atoms with Crippen LogP contribution in [-0.2, 0) is 11.8 Å². The molecule has 1 N–H and O–H groups in total. The number of morpholine rings is 1. The van der Waals surface area contributed by atoms with E-state index < -0.39 is 0 Å². The fourth-order valence-electron chi connectivity index (χ4n) is 3.82. The fourth-order valence-corrected chi connectivity index (χ4v) is 3.99. The Morgan fingerprint density at radius 3 is 2.67 bits per heavy atom. The highest BCUT2D eigenvalue weighted by Gasteiger charge is 2.27. The molecule has 2 aromatic rings. The first kappa shape index (κ1) is 16.1. The van der Waals surface area contributed by atoms with E-state index in [1.807, 2.05) is 13.2 Å². The summed E-state index contributed by atoms with van der Waals surface area (Å²) in [7, 11) is 1.88. The Morgan fingerprint density at radius 2 is 1.92 bits per heavy atom. The maximum atomic E-state index is 6.06. The maximum Gasteiger partial charge on any atom is 0.225 e. The van der Waals surface area contributed by atoms with Crippen LogP contribution < -0.4 is 5.32 Å². The van der Waals surface area contributed by atoms with Crippen molar-refractivity contribution in [1.82, 2.24) is 24.6 Å². The molecule has 1 aliphatic heterocycles. The second kappa shape index (κ2) is 6.82. The number of rotatable bonds is 3. The number of ether oxygens (including phenoxy) is 1. The number of aromatic nitrogens is 4. The summed E-state index contributed by atoms with van der Waals surface area (Å²) in [5, 5.41) is 8.27. The molecule has 1 aliphatic carbocycles. The van der Waals surface area contributed by atoms with Gasteiger partial charge in [0.2, 0.25) is 5.28 Å². The number of nitrogens with zero attached hydrogens (tertiary/aromatic N) is 5. The summed E-state index contributed by atoms with van der Waals surface area (Å²) >= 11 is 6.06. The van der Waals surface area contributed by atoms with Crippen molar-refractivity contribution in [2.24, 2.45) is 7.05 Å². The Balaban J connectivity index is 1.42. The Labute approximate surface area is 146 Å². The van der Waals surface area contributed by atoms with Gasteiger partial charge in [-0.25, -0.2) is 4.98 Å². The summed E-state index contributed by atoms with van der Waals surface area (Å²) in [5.74, 6) is 0.750. The zero-order valence-corrected chi connectivity index (χ0v) is 14.7. The SMILES string of the molecule is Cn1cc2nc(Cl)nc(NC3CCC(N4CCOCC4)CC3)c2n1. The molecular weight excluding hydrogens is 328 g/mol. The second-order valence-electron chi connectivity index (χ2n) is 6.68. The molecule has 0 spiro atoms. The fraction of sp³-hybridized carbons (Fsp3) is 0.688. The molecule has 0 bridgehead atoms. The van der Waals surface area contributed by atoms with Gasteiger partial charge in [0.15, 0.2) is 11.3 Å². The smallest absolute Gasteiger partial charge is 0.225 e. The summed E-state index contributed by atoms with van der Waals surface area (Å²) in [5.41, 5.74) is 1.57. The van der Waals surface area contributed by atoms with Crippen LogP contribution in [0.1, 0.15) is 25.7 Å². The highest BCUT2D eigenvalue weighted by Crippen LogP contribution is 2.28. The van der Waals surface area contributed by atoms with Crippen LogP contribution in [0.3, 0.4) is 0 Å². The van der Waals surface area contributed by atoms with Crippen LogP contribution in [-0.4, -0.2) is 63.0 Å². The molecule has 2 fully saturated rings. The minimum atomic E-state index is 0.264. The van der Waals surface area contributed by atoms with Crippen LogP contribution in [0, 0.1) is 0 Å². The molecule has 0 atom stereocenters. The van der Waals surface area contributed by atoms with Gasteiger partial charge in [0.1, 0.15) is 5.52 Å². The van der Waals surface area contributed by atoms with E-state index in [0.29, 0.717) is 12.1 Å². The van der Waals surface area contributed by atoms with Crippen molar-refractivity contribution in [2.75, 3.05) is 31.6 Å². The first-order chi connectivity index (χ1) is 11.7. The van der Waals surface area contributed by atoms with E-state index in [4.69, 9.17) is 16.3 Å². The van der Waals surface area contributed by atoms with Gasteiger partial charge in [0.05, 0.1) is 19.4 Å². The molecule has 0 unspecified atom stereocenters. The predicted octanol–water partition coefficient (Wildman–Crippen LogP) is 2.07. The highest BCUT2D eigenvalue weighted by molar-refractivity contribution is 6.28. The molecule has 24 heavy (non-hydrogen) atoms. The summed E-state index contributed by atoms with van der Waals surface area (Å²) in [6.07, 6.45) is 6.56. The Bertz CT molecular complexity index is 706. The van der Waals surface area contributed by atoms with Gasteiger partial charge in [-0.2, -0.15) is 10.1 Å². The molecule has 0 amide bonds. The zero-order chi connectivity index (χ0) is 16.5. The summed E-state index contributed by atoms with van der Waals surface area (Å²) in [6.45, 7) is 3.88. The molecule has 3 heterocycles. The van der Waals surface area contributed by atoms with Gasteiger partial charge in [0, 0.05) is 32.2 Å². The molecule has 0 radical (unpaired) electrons. The Hall–Kier alpha value is -1.44. The van der Waals surface area contributed by atoms with Crippen LogP contribution in [0.5, 0.6) is 0 Å². The minimum absolute atomic E-state index is 0.264. The van der Waals surface area contributed by atoms with Crippen LogP contribution in [0.2, 0.25) is 5.28 Å². The quantitative estimate of drug-likeness (QED) is 0.855. The van der Waals surface area contributed by atoms with Crippen molar-refractivity contribution in [3.63, 3.8) is 0 Å². The van der Waals surface area contributed by atoms with E-state index in [1.54, 1.807) is 4.68 Å². The van der Waals surface area contributed by atoms with Gasteiger partial charge in [-0.1, -0.05) is 0 Å². The number of fused-ring (bicyclic) bond motifs is 1. The van der Waals surface area contributed by atoms with E-state index in [2.05, 4.69) is 25.3 Å². The molecule has 7 nitrogen and oxygen atoms in total. The number of aryl methyl sites for hydroxylation is 1. The average molecular weight is 351 g/mol. The number of halogens is 1. The van der Waals surface area contributed by atoms with E-state index in [-0.39, 0.29) is 5.28 Å². The molecule has 8 heteroatoms. The predicted molar refractivity (Wildman–Crippen MR) is 93.4 cm³/mol. The van der Waals surface area contributed by atoms with Crippen molar-refractivity contribution in [3.8, 4) is 0 Å². The summed E-state index contributed by atoms with van der Waals surface area (Å²) in [4.78, 5) is 11.2. The van der Waals surface area contributed by atoms with Crippen molar-refractivity contribution in [3.05, 3.63) is 11.5 Å². The first-order valence-corrected chi connectivity index (χ1v) is 9.02. The van der Waals surface area contributed by atoms with Crippen LogP contribution in [0.15, 0.2) is 6.20 Å². The van der Waals surface area contributed by atoms with Crippen LogP contribution in [0.25, 0.3) is 11.0 Å². The molecular formula is C16H23ClN6O. The molecule has 0 aromatic carbocycles. The Morgan fingerprint density at radius 1 is 1.17 bits per heavy atom. The van der Waals surface area contributed by atoms with Crippen LogP contribution in [0.4, 0.5) is 5.82 Å².